The summed E-state index contributed by atoms with van der Waals surface area (Å²) < 4.78 is 2.25. The number of imidazole rings is 1. The SMILES string of the molecule is CCn1cc(C)nc1N1CCCCC1. The van der Waals surface area contributed by atoms with Crippen LogP contribution in [0.5, 0.6) is 0 Å². The number of rotatable bonds is 2. The lowest BCUT2D eigenvalue weighted by Gasteiger charge is -2.27. The van der Waals surface area contributed by atoms with Crippen LogP contribution in [-0.4, -0.2) is 22.6 Å². The van der Waals surface area contributed by atoms with Gasteiger partial charge in [-0.1, -0.05) is 0 Å². The summed E-state index contributed by atoms with van der Waals surface area (Å²) in [6.07, 6.45) is 6.15. The van der Waals surface area contributed by atoms with Gasteiger partial charge in [-0.25, -0.2) is 4.98 Å². The second kappa shape index (κ2) is 4.03. The van der Waals surface area contributed by atoms with E-state index in [0.29, 0.717) is 0 Å². The van der Waals surface area contributed by atoms with Crippen molar-refractivity contribution in [3.05, 3.63) is 11.9 Å². The minimum Gasteiger partial charge on any atom is -0.342 e. The highest BCUT2D eigenvalue weighted by Crippen LogP contribution is 2.19. The van der Waals surface area contributed by atoms with Gasteiger partial charge in [-0.15, -0.1) is 0 Å². The Kier molecular flexibility index (Phi) is 2.75. The standard InChI is InChI=1S/C11H19N3/c1-3-13-9-10(2)12-11(13)14-7-5-4-6-8-14/h9H,3-8H2,1-2H3. The molecule has 0 aromatic carbocycles. The lowest BCUT2D eigenvalue weighted by molar-refractivity contribution is 0.556. The number of aryl methyl sites for hydroxylation is 2. The zero-order valence-electron chi connectivity index (χ0n) is 9.16. The Hall–Kier alpha value is -0.990. The number of anilines is 1. The van der Waals surface area contributed by atoms with Crippen molar-refractivity contribution >= 4 is 5.95 Å². The van der Waals surface area contributed by atoms with E-state index in [1.807, 2.05) is 0 Å². The van der Waals surface area contributed by atoms with Crippen LogP contribution in [0.1, 0.15) is 31.9 Å². The fourth-order valence-electron chi connectivity index (χ4n) is 2.11. The minimum absolute atomic E-state index is 1.02. The van der Waals surface area contributed by atoms with Gasteiger partial charge in [-0.3, -0.25) is 0 Å². The van der Waals surface area contributed by atoms with Crippen molar-refractivity contribution in [2.45, 2.75) is 39.7 Å². The van der Waals surface area contributed by atoms with Gasteiger partial charge >= 0.3 is 0 Å². The molecule has 0 bridgehead atoms. The van der Waals surface area contributed by atoms with Crippen molar-refractivity contribution in [3.8, 4) is 0 Å². The fourth-order valence-corrected chi connectivity index (χ4v) is 2.11. The molecule has 2 heterocycles. The molecule has 1 aromatic rings. The normalized spacial score (nSPS) is 17.4. The molecule has 0 unspecified atom stereocenters. The first-order valence-corrected chi connectivity index (χ1v) is 5.60. The summed E-state index contributed by atoms with van der Waals surface area (Å²) in [6, 6.07) is 0. The van der Waals surface area contributed by atoms with E-state index in [4.69, 9.17) is 0 Å². The molecule has 1 aliphatic heterocycles. The van der Waals surface area contributed by atoms with Crippen LogP contribution >= 0.6 is 0 Å². The number of hydrogen-bond donors (Lipinski definition) is 0. The molecule has 0 amide bonds. The van der Waals surface area contributed by atoms with Crippen LogP contribution in [0.4, 0.5) is 5.95 Å². The van der Waals surface area contributed by atoms with Crippen LogP contribution in [-0.2, 0) is 6.54 Å². The number of hydrogen-bond acceptors (Lipinski definition) is 2. The van der Waals surface area contributed by atoms with Crippen molar-refractivity contribution in [2.75, 3.05) is 18.0 Å². The van der Waals surface area contributed by atoms with Gasteiger partial charge in [-0.05, 0) is 33.1 Å². The molecule has 3 heteroatoms. The average Bonchev–Trinajstić information content (AvgIpc) is 2.61. The third-order valence-corrected chi connectivity index (χ3v) is 2.86. The van der Waals surface area contributed by atoms with Gasteiger partial charge in [-0.2, -0.15) is 0 Å². The first-order valence-electron chi connectivity index (χ1n) is 5.60. The van der Waals surface area contributed by atoms with Gasteiger partial charge in [0.2, 0.25) is 5.95 Å². The van der Waals surface area contributed by atoms with Gasteiger partial charge in [0, 0.05) is 25.8 Å². The predicted molar refractivity (Wildman–Crippen MR) is 58.7 cm³/mol. The fraction of sp³-hybridized carbons (Fsp3) is 0.727. The van der Waals surface area contributed by atoms with Gasteiger partial charge in [0.15, 0.2) is 0 Å². The van der Waals surface area contributed by atoms with Gasteiger partial charge in [0.05, 0.1) is 5.69 Å². The van der Waals surface area contributed by atoms with Crippen LogP contribution < -0.4 is 4.90 Å². The van der Waals surface area contributed by atoms with Crippen LogP contribution in [0, 0.1) is 6.92 Å². The maximum atomic E-state index is 4.59. The van der Waals surface area contributed by atoms with E-state index in [0.717, 1.165) is 12.2 Å². The molecular formula is C11H19N3. The molecule has 0 atom stereocenters. The van der Waals surface area contributed by atoms with Crippen LogP contribution in [0.25, 0.3) is 0 Å². The summed E-state index contributed by atoms with van der Waals surface area (Å²) in [6.45, 7) is 7.62. The predicted octanol–water partition coefficient (Wildman–Crippen LogP) is 2.20. The van der Waals surface area contributed by atoms with E-state index < -0.39 is 0 Å². The number of piperidine rings is 1. The molecule has 0 spiro atoms. The topological polar surface area (TPSA) is 21.1 Å². The van der Waals surface area contributed by atoms with E-state index in [2.05, 4.69) is 34.5 Å². The quantitative estimate of drug-likeness (QED) is 0.718. The molecule has 0 aliphatic carbocycles. The molecule has 0 N–H and O–H groups in total. The number of nitrogens with zero attached hydrogens (tertiary/aromatic N) is 3. The summed E-state index contributed by atoms with van der Waals surface area (Å²) in [5.41, 5.74) is 1.13. The lowest BCUT2D eigenvalue weighted by Crippen LogP contribution is -2.31. The Morgan fingerprint density at radius 2 is 2.00 bits per heavy atom. The van der Waals surface area contributed by atoms with Crippen LogP contribution in [0.2, 0.25) is 0 Å². The molecule has 3 nitrogen and oxygen atoms in total. The second-order valence-electron chi connectivity index (χ2n) is 4.02. The highest BCUT2D eigenvalue weighted by molar-refractivity contribution is 5.33. The van der Waals surface area contributed by atoms with Crippen molar-refractivity contribution in [1.82, 2.24) is 9.55 Å². The van der Waals surface area contributed by atoms with E-state index in [1.165, 1.54) is 38.3 Å². The van der Waals surface area contributed by atoms with E-state index in [9.17, 15) is 0 Å². The highest BCUT2D eigenvalue weighted by Gasteiger charge is 2.15. The Morgan fingerprint density at radius 3 is 2.64 bits per heavy atom. The maximum absolute atomic E-state index is 4.59. The first-order chi connectivity index (χ1) is 6.81. The Morgan fingerprint density at radius 1 is 1.29 bits per heavy atom. The Bertz CT molecular complexity index is 297. The molecule has 78 valence electrons. The van der Waals surface area contributed by atoms with E-state index in [1.54, 1.807) is 0 Å². The molecule has 1 saturated heterocycles. The molecular weight excluding hydrogens is 174 g/mol. The smallest absolute Gasteiger partial charge is 0.205 e. The molecule has 1 fully saturated rings. The van der Waals surface area contributed by atoms with E-state index in [-0.39, 0.29) is 0 Å². The molecule has 0 saturated carbocycles. The highest BCUT2D eigenvalue weighted by atomic mass is 15.3. The van der Waals surface area contributed by atoms with Crippen molar-refractivity contribution in [2.24, 2.45) is 0 Å². The number of aromatic nitrogens is 2. The third-order valence-electron chi connectivity index (χ3n) is 2.86. The average molecular weight is 193 g/mol. The lowest BCUT2D eigenvalue weighted by atomic mass is 10.1. The zero-order chi connectivity index (χ0) is 9.97. The molecule has 0 radical (unpaired) electrons. The largest absolute Gasteiger partial charge is 0.342 e. The monoisotopic (exact) mass is 193 g/mol. The summed E-state index contributed by atoms with van der Waals surface area (Å²) in [5.74, 6) is 1.17. The first kappa shape index (κ1) is 9.56. The van der Waals surface area contributed by atoms with Crippen LogP contribution in [0.3, 0.4) is 0 Å². The van der Waals surface area contributed by atoms with Crippen molar-refractivity contribution in [1.29, 1.82) is 0 Å². The van der Waals surface area contributed by atoms with Crippen LogP contribution in [0.15, 0.2) is 6.20 Å². The Balaban J connectivity index is 2.20. The van der Waals surface area contributed by atoms with Gasteiger partial charge in [0.1, 0.15) is 0 Å². The van der Waals surface area contributed by atoms with Crippen molar-refractivity contribution in [3.63, 3.8) is 0 Å². The molecule has 1 aromatic heterocycles. The van der Waals surface area contributed by atoms with Gasteiger partial charge < -0.3 is 9.47 Å². The Labute approximate surface area is 85.7 Å². The summed E-state index contributed by atoms with van der Waals surface area (Å²) in [4.78, 5) is 7.01. The molecule has 1 aliphatic rings. The summed E-state index contributed by atoms with van der Waals surface area (Å²) in [7, 11) is 0. The summed E-state index contributed by atoms with van der Waals surface area (Å²) in [5, 5.41) is 0. The minimum atomic E-state index is 1.02. The second-order valence-corrected chi connectivity index (χ2v) is 4.02. The maximum Gasteiger partial charge on any atom is 0.205 e. The van der Waals surface area contributed by atoms with Crippen molar-refractivity contribution < 1.29 is 0 Å². The summed E-state index contributed by atoms with van der Waals surface area (Å²) >= 11 is 0. The third kappa shape index (κ3) is 1.76. The zero-order valence-corrected chi connectivity index (χ0v) is 9.16. The van der Waals surface area contributed by atoms with E-state index >= 15 is 0 Å². The molecule has 2 rings (SSSR count). The van der Waals surface area contributed by atoms with Gasteiger partial charge in [0.25, 0.3) is 0 Å². The molecule has 14 heavy (non-hydrogen) atoms.